The molecule has 9 nitrogen and oxygen atoms in total. The van der Waals surface area contributed by atoms with Gasteiger partial charge in [0.05, 0.1) is 29.6 Å². The Morgan fingerprint density at radius 3 is 2.27 bits per heavy atom. The molecular formula is C30H29FN4O5. The van der Waals surface area contributed by atoms with Gasteiger partial charge in [0.2, 0.25) is 5.91 Å². The molecule has 0 unspecified atom stereocenters. The van der Waals surface area contributed by atoms with Gasteiger partial charge in [-0.2, -0.15) is 0 Å². The van der Waals surface area contributed by atoms with Gasteiger partial charge in [-0.3, -0.25) is 24.1 Å². The summed E-state index contributed by atoms with van der Waals surface area (Å²) in [5.41, 5.74) is 1.94. The molecule has 6 rings (SSSR count). The van der Waals surface area contributed by atoms with E-state index >= 15 is 0 Å². The number of amides is 4. The molecule has 3 aliphatic heterocycles. The first-order chi connectivity index (χ1) is 19.4. The van der Waals surface area contributed by atoms with E-state index in [0.717, 1.165) is 4.90 Å². The van der Waals surface area contributed by atoms with Crippen molar-refractivity contribution in [3.8, 4) is 0 Å². The number of imide groups is 1. The number of carbonyl (C=O) groups excluding carboxylic acids is 4. The van der Waals surface area contributed by atoms with Crippen LogP contribution in [0.2, 0.25) is 0 Å². The van der Waals surface area contributed by atoms with Crippen molar-refractivity contribution in [2.75, 3.05) is 44.2 Å². The van der Waals surface area contributed by atoms with Gasteiger partial charge in [-0.1, -0.05) is 18.2 Å². The van der Waals surface area contributed by atoms with E-state index in [0.29, 0.717) is 80.2 Å². The van der Waals surface area contributed by atoms with E-state index in [2.05, 4.69) is 4.90 Å². The molecule has 40 heavy (non-hydrogen) atoms. The number of fused-ring (bicyclic) bond motifs is 1. The molecule has 0 atom stereocenters. The molecule has 0 N–H and O–H groups in total. The van der Waals surface area contributed by atoms with Gasteiger partial charge in [-0.15, -0.1) is 0 Å². The maximum Gasteiger partial charge on any atom is 0.289 e. The Morgan fingerprint density at radius 1 is 0.850 bits per heavy atom. The minimum Gasteiger partial charge on any atom is -0.459 e. The molecule has 0 aliphatic carbocycles. The second-order valence-electron chi connectivity index (χ2n) is 10.4. The number of benzene rings is 2. The lowest BCUT2D eigenvalue weighted by molar-refractivity contribution is -0.137. The quantitative estimate of drug-likeness (QED) is 0.457. The molecule has 4 heterocycles. The highest BCUT2D eigenvalue weighted by atomic mass is 19.1. The molecule has 0 spiro atoms. The topological polar surface area (TPSA) is 94.4 Å². The third kappa shape index (κ3) is 4.74. The van der Waals surface area contributed by atoms with E-state index in [1.807, 2.05) is 11.0 Å². The first-order valence-electron chi connectivity index (χ1n) is 13.5. The Hall–Kier alpha value is -4.47. The molecule has 2 aromatic carbocycles. The number of anilines is 1. The summed E-state index contributed by atoms with van der Waals surface area (Å²) in [7, 11) is 0. The van der Waals surface area contributed by atoms with Crippen LogP contribution in [0.4, 0.5) is 10.1 Å². The van der Waals surface area contributed by atoms with Crippen LogP contribution in [0.15, 0.2) is 65.3 Å². The number of carbonyl (C=O) groups is 4. The van der Waals surface area contributed by atoms with Gasteiger partial charge in [-0.25, -0.2) is 4.39 Å². The molecule has 1 aromatic heterocycles. The van der Waals surface area contributed by atoms with Crippen molar-refractivity contribution >= 4 is 29.3 Å². The molecule has 0 bridgehead atoms. The lowest BCUT2D eigenvalue weighted by Crippen LogP contribution is -2.53. The van der Waals surface area contributed by atoms with E-state index in [9.17, 15) is 23.6 Å². The highest BCUT2D eigenvalue weighted by molar-refractivity contribution is 6.23. The van der Waals surface area contributed by atoms with Crippen molar-refractivity contribution < 1.29 is 28.0 Å². The third-order valence-corrected chi connectivity index (χ3v) is 8.00. The van der Waals surface area contributed by atoms with Gasteiger partial charge in [0, 0.05) is 45.2 Å². The smallest absolute Gasteiger partial charge is 0.289 e. The van der Waals surface area contributed by atoms with E-state index < -0.39 is 5.82 Å². The highest BCUT2D eigenvalue weighted by Crippen LogP contribution is 2.35. The maximum absolute atomic E-state index is 13.7. The van der Waals surface area contributed by atoms with Gasteiger partial charge >= 0.3 is 0 Å². The molecule has 2 fully saturated rings. The van der Waals surface area contributed by atoms with Crippen molar-refractivity contribution in [1.29, 1.82) is 0 Å². The number of piperazine rings is 1. The van der Waals surface area contributed by atoms with Crippen LogP contribution in [0.25, 0.3) is 0 Å². The van der Waals surface area contributed by atoms with Crippen LogP contribution in [-0.4, -0.2) is 77.6 Å². The number of hydrogen-bond acceptors (Lipinski definition) is 6. The number of piperidine rings is 1. The van der Waals surface area contributed by atoms with Gasteiger partial charge in [0.25, 0.3) is 17.7 Å². The van der Waals surface area contributed by atoms with Crippen LogP contribution in [0.1, 0.15) is 49.7 Å². The Bertz CT molecular complexity index is 1460. The first kappa shape index (κ1) is 25.8. The fourth-order valence-corrected chi connectivity index (χ4v) is 5.85. The fraction of sp³-hybridized carbons (Fsp3) is 0.333. The molecule has 3 aromatic rings. The average molecular weight is 545 g/mol. The molecule has 2 saturated heterocycles. The SMILES string of the molecule is O=C(c1ccco1)N1CCN(C(=O)C2CCN(c3cccc4c3C(=O)N(Cc3cccc(F)c3)C4=O)CC2)CC1. The molecule has 206 valence electrons. The average Bonchev–Trinajstić information content (AvgIpc) is 3.61. The summed E-state index contributed by atoms with van der Waals surface area (Å²) in [5, 5.41) is 0. The van der Waals surface area contributed by atoms with Crippen molar-refractivity contribution in [1.82, 2.24) is 14.7 Å². The lowest BCUT2D eigenvalue weighted by Gasteiger charge is -2.39. The van der Waals surface area contributed by atoms with E-state index in [-0.39, 0.29) is 36.1 Å². The zero-order chi connectivity index (χ0) is 27.8. The van der Waals surface area contributed by atoms with Crippen molar-refractivity contribution in [2.45, 2.75) is 19.4 Å². The highest BCUT2D eigenvalue weighted by Gasteiger charge is 2.39. The van der Waals surface area contributed by atoms with Crippen LogP contribution in [0, 0.1) is 11.7 Å². The van der Waals surface area contributed by atoms with Crippen LogP contribution in [0.5, 0.6) is 0 Å². The summed E-state index contributed by atoms with van der Waals surface area (Å²) in [6, 6.07) is 14.5. The predicted molar refractivity (Wildman–Crippen MR) is 143 cm³/mol. The predicted octanol–water partition coefficient (Wildman–Crippen LogP) is 3.42. The minimum atomic E-state index is -0.420. The summed E-state index contributed by atoms with van der Waals surface area (Å²) in [4.78, 5) is 59.0. The van der Waals surface area contributed by atoms with Crippen LogP contribution < -0.4 is 4.90 Å². The molecule has 0 saturated carbocycles. The van der Waals surface area contributed by atoms with Gasteiger partial charge in [-0.05, 0) is 54.8 Å². The van der Waals surface area contributed by atoms with Crippen molar-refractivity contribution in [2.24, 2.45) is 5.92 Å². The minimum absolute atomic E-state index is 0.000492. The molecule has 10 heteroatoms. The fourth-order valence-electron chi connectivity index (χ4n) is 5.85. The standard InChI is InChI=1S/C30H29FN4O5/c31-22-5-1-4-20(18-22)19-35-28(37)23-6-2-7-24(26(23)30(35)39)32-11-9-21(10-12-32)27(36)33-13-15-34(16-14-33)29(38)25-8-3-17-40-25/h1-8,17-18,21H,9-16,19H2. The van der Waals surface area contributed by atoms with Gasteiger partial charge in [0.1, 0.15) is 5.82 Å². The Morgan fingerprint density at radius 2 is 1.57 bits per heavy atom. The molecule has 3 aliphatic rings. The van der Waals surface area contributed by atoms with Crippen LogP contribution >= 0.6 is 0 Å². The summed E-state index contributed by atoms with van der Waals surface area (Å²) < 4.78 is 18.9. The van der Waals surface area contributed by atoms with Crippen LogP contribution in [-0.2, 0) is 11.3 Å². The molecular weight excluding hydrogens is 515 g/mol. The van der Waals surface area contributed by atoms with E-state index in [1.54, 1.807) is 41.3 Å². The second-order valence-corrected chi connectivity index (χ2v) is 10.4. The zero-order valence-corrected chi connectivity index (χ0v) is 21.9. The molecule has 4 amide bonds. The van der Waals surface area contributed by atoms with Crippen LogP contribution in [0.3, 0.4) is 0 Å². The van der Waals surface area contributed by atoms with Gasteiger partial charge in [0.15, 0.2) is 5.76 Å². The van der Waals surface area contributed by atoms with E-state index in [4.69, 9.17) is 4.42 Å². The number of furan rings is 1. The number of halogens is 1. The monoisotopic (exact) mass is 544 g/mol. The van der Waals surface area contributed by atoms with Gasteiger partial charge < -0.3 is 19.1 Å². The first-order valence-corrected chi connectivity index (χ1v) is 13.5. The Balaban J connectivity index is 1.08. The van der Waals surface area contributed by atoms with Crippen molar-refractivity contribution in [3.05, 3.63) is 89.1 Å². The normalized spacial score (nSPS) is 17.9. The Labute approximate surface area is 230 Å². The number of nitrogens with zero attached hydrogens (tertiary/aromatic N) is 4. The molecule has 0 radical (unpaired) electrons. The Kier molecular flexibility index (Phi) is 6.83. The van der Waals surface area contributed by atoms with E-state index in [1.165, 1.54) is 18.4 Å². The zero-order valence-electron chi connectivity index (χ0n) is 21.9. The largest absolute Gasteiger partial charge is 0.459 e. The lowest BCUT2D eigenvalue weighted by atomic mass is 9.93. The maximum atomic E-state index is 13.7. The second kappa shape index (κ2) is 10.6. The number of rotatable bonds is 5. The summed E-state index contributed by atoms with van der Waals surface area (Å²) in [5.74, 6) is -1.10. The van der Waals surface area contributed by atoms with Crippen molar-refractivity contribution in [3.63, 3.8) is 0 Å². The summed E-state index contributed by atoms with van der Waals surface area (Å²) in [6.07, 6.45) is 2.73. The summed E-state index contributed by atoms with van der Waals surface area (Å²) in [6.45, 7) is 3.04. The third-order valence-electron chi connectivity index (χ3n) is 8.00. The summed E-state index contributed by atoms with van der Waals surface area (Å²) >= 11 is 0. The number of hydrogen-bond donors (Lipinski definition) is 0.